The number of nitrogens with one attached hydrogen (secondary N) is 1. The van der Waals surface area contributed by atoms with Crippen LogP contribution in [0.25, 0.3) is 0 Å². The van der Waals surface area contributed by atoms with E-state index >= 15 is 0 Å². The van der Waals surface area contributed by atoms with Crippen LogP contribution in [0.3, 0.4) is 0 Å². The summed E-state index contributed by atoms with van der Waals surface area (Å²) in [6, 6.07) is 0.625. The Labute approximate surface area is 123 Å². The van der Waals surface area contributed by atoms with E-state index in [0.29, 0.717) is 16.9 Å². The molecule has 0 aliphatic heterocycles. The number of aromatic nitrogens is 2. The molecule has 0 aromatic carbocycles. The summed E-state index contributed by atoms with van der Waals surface area (Å²) in [5.74, 6) is 2.09. The molecule has 3 unspecified atom stereocenters. The second-order valence-corrected chi connectivity index (χ2v) is 7.77. The molecule has 0 spiro atoms. The van der Waals surface area contributed by atoms with E-state index in [9.17, 15) is 0 Å². The smallest absolute Gasteiger partial charge is 0.122 e. The number of hydrogen-bond acceptors (Lipinski definition) is 2. The second kappa shape index (κ2) is 4.87. The molecule has 2 aliphatic rings. The Bertz CT molecular complexity index is 472. The highest BCUT2D eigenvalue weighted by molar-refractivity contribution is 5.12. The zero-order valence-electron chi connectivity index (χ0n) is 13.4. The number of aryl methyl sites for hydroxylation is 1. The Kier molecular flexibility index (Phi) is 3.44. The van der Waals surface area contributed by atoms with Gasteiger partial charge in [0, 0.05) is 25.0 Å². The first-order valence-electron chi connectivity index (χ1n) is 8.21. The van der Waals surface area contributed by atoms with Crippen molar-refractivity contribution in [3.8, 4) is 0 Å². The zero-order chi connectivity index (χ0) is 14.4. The normalized spacial score (nSPS) is 34.8. The molecule has 2 fully saturated rings. The van der Waals surface area contributed by atoms with Crippen LogP contribution in [0.5, 0.6) is 0 Å². The molecule has 3 nitrogen and oxygen atoms in total. The molecule has 2 bridgehead atoms. The Morgan fingerprint density at radius 2 is 2.20 bits per heavy atom. The van der Waals surface area contributed by atoms with E-state index < -0.39 is 0 Å². The fraction of sp³-hybridized carbons (Fsp3) is 0.824. The summed E-state index contributed by atoms with van der Waals surface area (Å²) in [6.45, 7) is 11.6. The van der Waals surface area contributed by atoms with Gasteiger partial charge in [-0.25, -0.2) is 4.98 Å². The van der Waals surface area contributed by atoms with Gasteiger partial charge in [0.2, 0.25) is 0 Å². The molecule has 2 saturated carbocycles. The van der Waals surface area contributed by atoms with Gasteiger partial charge >= 0.3 is 0 Å². The molecule has 1 heterocycles. The first-order chi connectivity index (χ1) is 9.47. The van der Waals surface area contributed by atoms with Crippen LogP contribution in [0, 0.1) is 16.7 Å². The molecule has 2 aliphatic carbocycles. The summed E-state index contributed by atoms with van der Waals surface area (Å²) < 4.78 is 2.29. The van der Waals surface area contributed by atoms with Crippen molar-refractivity contribution in [2.45, 2.75) is 72.5 Å². The summed E-state index contributed by atoms with van der Waals surface area (Å²) in [4.78, 5) is 4.53. The number of hydrogen-bond donors (Lipinski definition) is 1. The minimum atomic E-state index is 0.426. The molecule has 3 atom stereocenters. The van der Waals surface area contributed by atoms with Crippen molar-refractivity contribution < 1.29 is 0 Å². The van der Waals surface area contributed by atoms with Gasteiger partial charge in [0.05, 0.1) is 6.54 Å². The van der Waals surface area contributed by atoms with E-state index in [4.69, 9.17) is 0 Å². The van der Waals surface area contributed by atoms with E-state index in [-0.39, 0.29) is 0 Å². The molecule has 1 N–H and O–H groups in total. The second-order valence-electron chi connectivity index (χ2n) is 7.77. The van der Waals surface area contributed by atoms with Crippen molar-refractivity contribution in [3.05, 3.63) is 18.2 Å². The molecule has 112 valence electrons. The van der Waals surface area contributed by atoms with Gasteiger partial charge in [-0.15, -0.1) is 0 Å². The van der Waals surface area contributed by atoms with Gasteiger partial charge in [-0.3, -0.25) is 0 Å². The molecule has 0 saturated heterocycles. The van der Waals surface area contributed by atoms with Crippen LogP contribution in [-0.2, 0) is 13.1 Å². The molecule has 1 aromatic rings. The fourth-order valence-electron chi connectivity index (χ4n) is 4.96. The number of imidazole rings is 1. The summed E-state index contributed by atoms with van der Waals surface area (Å²) in [5, 5.41) is 3.86. The van der Waals surface area contributed by atoms with E-state index in [0.717, 1.165) is 25.4 Å². The van der Waals surface area contributed by atoms with Gasteiger partial charge in [-0.2, -0.15) is 0 Å². The Morgan fingerprint density at radius 3 is 2.85 bits per heavy atom. The molecular weight excluding hydrogens is 246 g/mol. The number of fused-ring (bicyclic) bond motifs is 2. The first-order valence-corrected chi connectivity index (χ1v) is 8.21. The zero-order valence-corrected chi connectivity index (χ0v) is 13.4. The topological polar surface area (TPSA) is 29.9 Å². The lowest BCUT2D eigenvalue weighted by atomic mass is 9.68. The predicted molar refractivity (Wildman–Crippen MR) is 82.4 cm³/mol. The largest absolute Gasteiger partial charge is 0.334 e. The summed E-state index contributed by atoms with van der Waals surface area (Å²) >= 11 is 0. The van der Waals surface area contributed by atoms with Crippen LogP contribution >= 0.6 is 0 Å². The van der Waals surface area contributed by atoms with Crippen molar-refractivity contribution in [2.24, 2.45) is 16.7 Å². The predicted octanol–water partition coefficient (Wildman–Crippen LogP) is 3.60. The van der Waals surface area contributed by atoms with Crippen molar-refractivity contribution in [1.29, 1.82) is 0 Å². The van der Waals surface area contributed by atoms with Crippen LogP contribution in [0.4, 0.5) is 0 Å². The molecular formula is C17H29N3. The van der Waals surface area contributed by atoms with Crippen LogP contribution in [-0.4, -0.2) is 15.6 Å². The van der Waals surface area contributed by atoms with Crippen LogP contribution in [0.15, 0.2) is 12.4 Å². The van der Waals surface area contributed by atoms with Gasteiger partial charge in [0.25, 0.3) is 0 Å². The third-order valence-electron chi connectivity index (χ3n) is 6.00. The van der Waals surface area contributed by atoms with Gasteiger partial charge in [-0.05, 0) is 42.4 Å². The Hall–Kier alpha value is -0.830. The fourth-order valence-corrected chi connectivity index (χ4v) is 4.96. The molecule has 3 heteroatoms. The Balaban J connectivity index is 1.70. The molecule has 20 heavy (non-hydrogen) atoms. The van der Waals surface area contributed by atoms with Gasteiger partial charge in [0.1, 0.15) is 5.82 Å². The maximum Gasteiger partial charge on any atom is 0.122 e. The van der Waals surface area contributed by atoms with Gasteiger partial charge < -0.3 is 9.88 Å². The van der Waals surface area contributed by atoms with Gasteiger partial charge in [0.15, 0.2) is 0 Å². The van der Waals surface area contributed by atoms with Crippen molar-refractivity contribution in [1.82, 2.24) is 14.9 Å². The third-order valence-corrected chi connectivity index (χ3v) is 6.00. The lowest BCUT2D eigenvalue weighted by Crippen LogP contribution is -2.50. The maximum absolute atomic E-state index is 4.53. The monoisotopic (exact) mass is 275 g/mol. The highest BCUT2D eigenvalue weighted by Crippen LogP contribution is 2.62. The van der Waals surface area contributed by atoms with E-state index in [1.807, 2.05) is 6.20 Å². The van der Waals surface area contributed by atoms with Crippen molar-refractivity contribution in [2.75, 3.05) is 0 Å². The van der Waals surface area contributed by atoms with Crippen LogP contribution in [0.1, 0.15) is 59.2 Å². The lowest BCUT2D eigenvalue weighted by Gasteiger charge is -2.43. The maximum atomic E-state index is 4.53. The summed E-state index contributed by atoms with van der Waals surface area (Å²) in [6.07, 6.45) is 9.42. The van der Waals surface area contributed by atoms with Crippen LogP contribution in [0.2, 0.25) is 0 Å². The van der Waals surface area contributed by atoms with Gasteiger partial charge in [-0.1, -0.05) is 27.7 Å². The lowest BCUT2D eigenvalue weighted by molar-refractivity contribution is 0.107. The molecule has 3 rings (SSSR count). The standard InChI is InChI=1S/C17H29N3/c1-5-9-20-10-8-18-14(20)12-19-15-16(2,3)13-6-7-17(15,4)11-13/h8,10,13,15,19H,5-7,9,11-12H2,1-4H3. The minimum Gasteiger partial charge on any atom is -0.334 e. The quantitative estimate of drug-likeness (QED) is 0.890. The number of nitrogens with zero attached hydrogens (tertiary/aromatic N) is 2. The van der Waals surface area contributed by atoms with E-state index in [1.165, 1.54) is 25.1 Å². The number of rotatable bonds is 5. The Morgan fingerprint density at radius 1 is 1.40 bits per heavy atom. The average molecular weight is 275 g/mol. The minimum absolute atomic E-state index is 0.426. The third kappa shape index (κ3) is 2.11. The highest BCUT2D eigenvalue weighted by atomic mass is 15.1. The highest BCUT2D eigenvalue weighted by Gasteiger charge is 2.58. The van der Waals surface area contributed by atoms with Crippen LogP contribution < -0.4 is 5.32 Å². The van der Waals surface area contributed by atoms with Crippen molar-refractivity contribution >= 4 is 0 Å². The molecule has 1 aromatic heterocycles. The SMILES string of the molecule is CCCn1ccnc1CNC1C2(C)CCC(C2)C1(C)C. The first kappa shape index (κ1) is 14.1. The van der Waals surface area contributed by atoms with E-state index in [1.54, 1.807) is 0 Å². The van der Waals surface area contributed by atoms with Crippen molar-refractivity contribution in [3.63, 3.8) is 0 Å². The summed E-state index contributed by atoms with van der Waals surface area (Å²) in [5.41, 5.74) is 0.922. The van der Waals surface area contributed by atoms with E-state index in [2.05, 4.69) is 48.8 Å². The summed E-state index contributed by atoms with van der Waals surface area (Å²) in [7, 11) is 0. The molecule has 0 amide bonds. The average Bonchev–Trinajstić information content (AvgIpc) is 3.01. The molecule has 0 radical (unpaired) electrons.